The van der Waals surface area contributed by atoms with E-state index in [-0.39, 0.29) is 5.82 Å². The monoisotopic (exact) mass is 304 g/mol. The molecular weight excluding hydrogens is 291 g/mol. The molecule has 0 nitrogen and oxygen atoms in total. The van der Waals surface area contributed by atoms with Crippen LogP contribution >= 0.6 is 15.9 Å². The second-order valence-corrected chi connectivity index (χ2v) is 4.76. The highest BCUT2D eigenvalue weighted by Crippen LogP contribution is 2.24. The maximum Gasteiger partial charge on any atom is 0.123 e. The first-order valence-corrected chi connectivity index (χ1v) is 7.01. The van der Waals surface area contributed by atoms with Crippen molar-refractivity contribution >= 4 is 21.5 Å². The molecule has 0 aliphatic heterocycles. The quantitative estimate of drug-likeness (QED) is 0.694. The molecule has 0 aliphatic carbocycles. The third-order valence-electron chi connectivity index (χ3n) is 2.70. The summed E-state index contributed by atoms with van der Waals surface area (Å²) in [5.74, 6) is -0.202. The number of rotatable bonds is 4. The minimum absolute atomic E-state index is 0.202. The Bertz CT molecular complexity index is 515. The number of alkyl halides is 1. The normalized spacial score (nSPS) is 11.6. The molecule has 0 N–H and O–H groups in total. The summed E-state index contributed by atoms with van der Waals surface area (Å²) in [5.41, 5.74) is 3.35. The van der Waals surface area contributed by atoms with Gasteiger partial charge in [-0.2, -0.15) is 0 Å². The fraction of sp³-hybridized carbons (Fsp3) is 0.125. The van der Waals surface area contributed by atoms with Crippen LogP contribution in [0.4, 0.5) is 4.39 Å². The van der Waals surface area contributed by atoms with Crippen molar-refractivity contribution < 1.29 is 4.39 Å². The summed E-state index contributed by atoms with van der Waals surface area (Å²) >= 11 is 3.43. The standard InChI is InChI=1S/C16H14BrF/c17-12-4-7-16(13-5-2-1-3-6-13)14-8-10-15(18)11-9-14/h1-3,5-11H,4,12H2. The van der Waals surface area contributed by atoms with Crippen molar-refractivity contribution in [3.05, 3.63) is 77.6 Å². The van der Waals surface area contributed by atoms with Gasteiger partial charge in [-0.25, -0.2) is 4.39 Å². The number of benzene rings is 2. The highest BCUT2D eigenvalue weighted by molar-refractivity contribution is 9.09. The van der Waals surface area contributed by atoms with Crippen LogP contribution in [0.1, 0.15) is 17.5 Å². The molecule has 0 fully saturated rings. The molecule has 0 spiro atoms. The highest BCUT2D eigenvalue weighted by atomic mass is 79.9. The van der Waals surface area contributed by atoms with E-state index in [1.807, 2.05) is 30.3 Å². The SMILES string of the molecule is Fc1ccc(C(=CCCBr)c2ccccc2)cc1. The maximum absolute atomic E-state index is 13.0. The summed E-state index contributed by atoms with van der Waals surface area (Å²) < 4.78 is 13.0. The third kappa shape index (κ3) is 3.30. The van der Waals surface area contributed by atoms with Gasteiger partial charge in [0.1, 0.15) is 5.82 Å². The number of halogens is 2. The van der Waals surface area contributed by atoms with Gasteiger partial charge in [-0.05, 0) is 35.3 Å². The molecule has 0 saturated carbocycles. The fourth-order valence-electron chi connectivity index (χ4n) is 1.85. The van der Waals surface area contributed by atoms with Gasteiger partial charge in [0.2, 0.25) is 0 Å². The Morgan fingerprint density at radius 2 is 1.56 bits per heavy atom. The molecule has 0 unspecified atom stereocenters. The minimum atomic E-state index is -0.202. The van der Waals surface area contributed by atoms with Gasteiger partial charge in [-0.3, -0.25) is 0 Å². The first-order chi connectivity index (χ1) is 8.81. The van der Waals surface area contributed by atoms with Gasteiger partial charge < -0.3 is 0 Å². The van der Waals surface area contributed by atoms with Crippen molar-refractivity contribution in [1.82, 2.24) is 0 Å². The molecule has 0 aliphatic rings. The second-order valence-electron chi connectivity index (χ2n) is 3.97. The van der Waals surface area contributed by atoms with Crippen molar-refractivity contribution in [2.24, 2.45) is 0 Å². The van der Waals surface area contributed by atoms with Crippen molar-refractivity contribution in [3.63, 3.8) is 0 Å². The summed E-state index contributed by atoms with van der Waals surface area (Å²) in [5, 5.41) is 0.921. The van der Waals surface area contributed by atoms with E-state index in [1.165, 1.54) is 12.1 Å². The molecule has 18 heavy (non-hydrogen) atoms. The summed E-state index contributed by atoms with van der Waals surface area (Å²) in [6.45, 7) is 0. The van der Waals surface area contributed by atoms with Crippen LogP contribution < -0.4 is 0 Å². The Labute approximate surface area is 115 Å². The molecule has 0 saturated heterocycles. The van der Waals surface area contributed by atoms with Gasteiger partial charge in [-0.15, -0.1) is 0 Å². The predicted molar refractivity (Wildman–Crippen MR) is 78.3 cm³/mol. The van der Waals surface area contributed by atoms with E-state index in [1.54, 1.807) is 0 Å². The molecular formula is C16H14BrF. The summed E-state index contributed by atoms with van der Waals surface area (Å²) in [6, 6.07) is 16.8. The van der Waals surface area contributed by atoms with Crippen LogP contribution in [0.2, 0.25) is 0 Å². The van der Waals surface area contributed by atoms with Crippen molar-refractivity contribution in [1.29, 1.82) is 0 Å². The average molecular weight is 305 g/mol. The Morgan fingerprint density at radius 1 is 0.944 bits per heavy atom. The van der Waals surface area contributed by atoms with Gasteiger partial charge in [0, 0.05) is 5.33 Å². The van der Waals surface area contributed by atoms with Crippen LogP contribution in [0.3, 0.4) is 0 Å². The second kappa shape index (κ2) is 6.50. The molecule has 0 aromatic heterocycles. The van der Waals surface area contributed by atoms with E-state index < -0.39 is 0 Å². The Balaban J connectivity index is 2.40. The molecule has 2 rings (SSSR count). The average Bonchev–Trinajstić information content (AvgIpc) is 2.42. The Hall–Kier alpha value is -1.41. The smallest absolute Gasteiger partial charge is 0.123 e. The van der Waals surface area contributed by atoms with Gasteiger partial charge >= 0.3 is 0 Å². The lowest BCUT2D eigenvalue weighted by molar-refractivity contribution is 0.627. The number of hydrogen-bond donors (Lipinski definition) is 0. The molecule has 0 amide bonds. The summed E-state index contributed by atoms with van der Waals surface area (Å²) in [7, 11) is 0. The predicted octanol–water partition coefficient (Wildman–Crippen LogP) is 5.04. The molecule has 0 bridgehead atoms. The Kier molecular flexibility index (Phi) is 4.71. The lowest BCUT2D eigenvalue weighted by atomic mass is 9.97. The third-order valence-corrected chi connectivity index (χ3v) is 3.16. The van der Waals surface area contributed by atoms with Gasteiger partial charge in [-0.1, -0.05) is 64.5 Å². The van der Waals surface area contributed by atoms with Crippen molar-refractivity contribution in [2.45, 2.75) is 6.42 Å². The van der Waals surface area contributed by atoms with Crippen LogP contribution in [0.25, 0.3) is 5.57 Å². The summed E-state index contributed by atoms with van der Waals surface area (Å²) in [6.07, 6.45) is 3.12. The van der Waals surface area contributed by atoms with Crippen LogP contribution in [0.15, 0.2) is 60.7 Å². The molecule has 0 atom stereocenters. The van der Waals surface area contributed by atoms with Gasteiger partial charge in [0.05, 0.1) is 0 Å². The molecule has 0 heterocycles. The van der Waals surface area contributed by atoms with Crippen molar-refractivity contribution in [2.75, 3.05) is 5.33 Å². The van der Waals surface area contributed by atoms with E-state index in [9.17, 15) is 4.39 Å². The minimum Gasteiger partial charge on any atom is -0.207 e. The van der Waals surface area contributed by atoms with E-state index in [4.69, 9.17) is 0 Å². The highest BCUT2D eigenvalue weighted by Gasteiger charge is 2.04. The lowest BCUT2D eigenvalue weighted by Crippen LogP contribution is -1.89. The van der Waals surface area contributed by atoms with E-state index >= 15 is 0 Å². The summed E-state index contributed by atoms with van der Waals surface area (Å²) in [4.78, 5) is 0. The largest absolute Gasteiger partial charge is 0.207 e. The maximum atomic E-state index is 13.0. The zero-order valence-corrected chi connectivity index (χ0v) is 11.5. The van der Waals surface area contributed by atoms with Gasteiger partial charge in [0.15, 0.2) is 0 Å². The van der Waals surface area contributed by atoms with Crippen LogP contribution in [-0.2, 0) is 0 Å². The van der Waals surface area contributed by atoms with Crippen LogP contribution in [0.5, 0.6) is 0 Å². The number of hydrogen-bond acceptors (Lipinski definition) is 0. The Morgan fingerprint density at radius 3 is 2.17 bits per heavy atom. The lowest BCUT2D eigenvalue weighted by Gasteiger charge is -2.08. The van der Waals surface area contributed by atoms with E-state index in [0.717, 1.165) is 28.5 Å². The van der Waals surface area contributed by atoms with Crippen molar-refractivity contribution in [3.8, 4) is 0 Å². The molecule has 0 radical (unpaired) electrons. The molecule has 2 heteroatoms. The number of allylic oxidation sites excluding steroid dienone is 1. The first-order valence-electron chi connectivity index (χ1n) is 5.89. The fourth-order valence-corrected chi connectivity index (χ4v) is 2.08. The zero-order chi connectivity index (χ0) is 12.8. The van der Waals surface area contributed by atoms with Crippen LogP contribution in [0, 0.1) is 5.82 Å². The molecule has 2 aromatic rings. The topological polar surface area (TPSA) is 0 Å². The van der Waals surface area contributed by atoms with Gasteiger partial charge in [0.25, 0.3) is 0 Å². The van der Waals surface area contributed by atoms with E-state index in [0.29, 0.717) is 0 Å². The van der Waals surface area contributed by atoms with Crippen LogP contribution in [-0.4, -0.2) is 5.33 Å². The molecule has 92 valence electrons. The first kappa shape index (κ1) is 13.0. The molecule has 2 aromatic carbocycles. The zero-order valence-electron chi connectivity index (χ0n) is 9.94. The van der Waals surface area contributed by atoms with E-state index in [2.05, 4.69) is 34.1 Å².